The summed E-state index contributed by atoms with van der Waals surface area (Å²) in [5, 5.41) is 14.9. The molecule has 1 heterocycles. The average Bonchev–Trinajstić information content (AvgIpc) is 2.95. The molecule has 0 amide bonds. The van der Waals surface area contributed by atoms with Crippen LogP contribution in [-0.4, -0.2) is 14.9 Å². The number of benzene rings is 1. The van der Waals surface area contributed by atoms with Crippen LogP contribution in [0.15, 0.2) is 36.5 Å². The SMILES string of the molecule is CCC(C)n1ccc(CC(O)c2ccc(C(C)C)cc2)n1. The molecule has 2 aromatic rings. The lowest BCUT2D eigenvalue weighted by Crippen LogP contribution is -2.07. The number of aromatic nitrogens is 2. The quantitative estimate of drug-likeness (QED) is 0.862. The molecule has 0 saturated carbocycles. The van der Waals surface area contributed by atoms with E-state index in [1.54, 1.807) is 0 Å². The molecule has 0 radical (unpaired) electrons. The Labute approximate surface area is 127 Å². The molecule has 2 unspecified atom stereocenters. The van der Waals surface area contributed by atoms with Gasteiger partial charge in [-0.25, -0.2) is 0 Å². The Hall–Kier alpha value is -1.61. The fourth-order valence-electron chi connectivity index (χ4n) is 2.34. The fourth-order valence-corrected chi connectivity index (χ4v) is 2.34. The van der Waals surface area contributed by atoms with Crippen molar-refractivity contribution in [1.82, 2.24) is 9.78 Å². The van der Waals surface area contributed by atoms with E-state index < -0.39 is 6.10 Å². The zero-order valence-corrected chi connectivity index (χ0v) is 13.5. The largest absolute Gasteiger partial charge is 0.388 e. The van der Waals surface area contributed by atoms with Crippen molar-refractivity contribution in [1.29, 1.82) is 0 Å². The van der Waals surface area contributed by atoms with Crippen molar-refractivity contribution in [3.63, 3.8) is 0 Å². The van der Waals surface area contributed by atoms with E-state index in [9.17, 15) is 5.11 Å². The molecule has 0 aliphatic rings. The molecule has 1 aromatic heterocycles. The Balaban J connectivity index is 2.03. The predicted octanol–water partition coefficient (Wildman–Crippen LogP) is 4.25. The summed E-state index contributed by atoms with van der Waals surface area (Å²) in [5.74, 6) is 0.516. The zero-order chi connectivity index (χ0) is 15.4. The average molecular weight is 286 g/mol. The Morgan fingerprint density at radius 1 is 1.05 bits per heavy atom. The highest BCUT2D eigenvalue weighted by Gasteiger charge is 2.12. The van der Waals surface area contributed by atoms with E-state index >= 15 is 0 Å². The molecular formula is C18H26N2O. The molecule has 0 bridgehead atoms. The molecule has 0 aliphatic heterocycles. The van der Waals surface area contributed by atoms with Crippen molar-refractivity contribution in [3.8, 4) is 0 Å². The van der Waals surface area contributed by atoms with Crippen LogP contribution in [0.3, 0.4) is 0 Å². The Morgan fingerprint density at radius 2 is 1.67 bits per heavy atom. The van der Waals surface area contributed by atoms with Gasteiger partial charge in [0.2, 0.25) is 0 Å². The topological polar surface area (TPSA) is 38.0 Å². The molecule has 114 valence electrons. The van der Waals surface area contributed by atoms with Crippen molar-refractivity contribution in [2.75, 3.05) is 0 Å². The van der Waals surface area contributed by atoms with E-state index in [-0.39, 0.29) is 0 Å². The van der Waals surface area contributed by atoms with Gasteiger partial charge in [-0.05, 0) is 36.5 Å². The second kappa shape index (κ2) is 6.90. The van der Waals surface area contributed by atoms with Crippen LogP contribution in [-0.2, 0) is 6.42 Å². The number of aliphatic hydroxyl groups excluding tert-OH is 1. The number of aliphatic hydroxyl groups is 1. The van der Waals surface area contributed by atoms with E-state index in [2.05, 4.69) is 44.9 Å². The Morgan fingerprint density at radius 3 is 2.24 bits per heavy atom. The van der Waals surface area contributed by atoms with Gasteiger partial charge in [-0.1, -0.05) is 45.0 Å². The first-order chi connectivity index (χ1) is 10.0. The lowest BCUT2D eigenvalue weighted by atomic mass is 9.98. The van der Waals surface area contributed by atoms with Gasteiger partial charge in [0.05, 0.1) is 11.8 Å². The van der Waals surface area contributed by atoms with Crippen molar-refractivity contribution in [2.45, 2.75) is 58.6 Å². The van der Waals surface area contributed by atoms with Gasteiger partial charge in [-0.15, -0.1) is 0 Å². The van der Waals surface area contributed by atoms with Crippen LogP contribution in [0, 0.1) is 0 Å². The minimum absolute atomic E-state index is 0.404. The Bertz CT molecular complexity index is 557. The van der Waals surface area contributed by atoms with E-state index in [1.807, 2.05) is 29.1 Å². The van der Waals surface area contributed by atoms with Gasteiger partial charge >= 0.3 is 0 Å². The lowest BCUT2D eigenvalue weighted by molar-refractivity contribution is 0.176. The van der Waals surface area contributed by atoms with Crippen LogP contribution in [0.25, 0.3) is 0 Å². The predicted molar refractivity (Wildman–Crippen MR) is 86.4 cm³/mol. The third-order valence-corrected chi connectivity index (χ3v) is 4.10. The van der Waals surface area contributed by atoms with Crippen molar-refractivity contribution < 1.29 is 5.11 Å². The maximum atomic E-state index is 10.4. The third kappa shape index (κ3) is 3.94. The first-order valence-electron chi connectivity index (χ1n) is 7.83. The van der Waals surface area contributed by atoms with Gasteiger partial charge in [-0.2, -0.15) is 5.10 Å². The minimum Gasteiger partial charge on any atom is -0.388 e. The van der Waals surface area contributed by atoms with Crippen LogP contribution in [0.4, 0.5) is 0 Å². The summed E-state index contributed by atoms with van der Waals surface area (Å²) in [7, 11) is 0. The number of hydrogen-bond acceptors (Lipinski definition) is 2. The zero-order valence-electron chi connectivity index (χ0n) is 13.5. The summed E-state index contributed by atoms with van der Waals surface area (Å²) < 4.78 is 1.98. The number of hydrogen-bond donors (Lipinski definition) is 1. The van der Waals surface area contributed by atoms with Gasteiger partial charge in [0.25, 0.3) is 0 Å². The molecule has 2 atom stereocenters. The monoisotopic (exact) mass is 286 g/mol. The molecule has 2 rings (SSSR count). The number of rotatable bonds is 6. The second-order valence-electron chi connectivity index (χ2n) is 6.09. The van der Waals surface area contributed by atoms with Crippen LogP contribution in [0.2, 0.25) is 0 Å². The van der Waals surface area contributed by atoms with Gasteiger partial charge in [-0.3, -0.25) is 4.68 Å². The second-order valence-corrected chi connectivity index (χ2v) is 6.09. The molecule has 0 saturated heterocycles. The van der Waals surface area contributed by atoms with E-state index in [0.717, 1.165) is 17.7 Å². The van der Waals surface area contributed by atoms with Crippen LogP contribution in [0.5, 0.6) is 0 Å². The summed E-state index contributed by atoms with van der Waals surface area (Å²) >= 11 is 0. The van der Waals surface area contributed by atoms with Gasteiger partial charge in [0.15, 0.2) is 0 Å². The highest BCUT2D eigenvalue weighted by Crippen LogP contribution is 2.21. The Kier molecular flexibility index (Phi) is 5.18. The van der Waals surface area contributed by atoms with Crippen LogP contribution in [0.1, 0.15) is 69.0 Å². The molecular weight excluding hydrogens is 260 g/mol. The van der Waals surface area contributed by atoms with Crippen molar-refractivity contribution in [2.24, 2.45) is 0 Å². The van der Waals surface area contributed by atoms with Gasteiger partial charge in [0.1, 0.15) is 0 Å². The summed E-state index contributed by atoms with van der Waals surface area (Å²) in [6, 6.07) is 10.6. The van der Waals surface area contributed by atoms with Gasteiger partial charge < -0.3 is 5.11 Å². The molecule has 21 heavy (non-hydrogen) atoms. The first-order valence-corrected chi connectivity index (χ1v) is 7.83. The molecule has 1 aromatic carbocycles. The minimum atomic E-state index is -0.494. The fraction of sp³-hybridized carbons (Fsp3) is 0.500. The van der Waals surface area contributed by atoms with E-state index in [0.29, 0.717) is 18.4 Å². The molecule has 3 heteroatoms. The van der Waals surface area contributed by atoms with Gasteiger partial charge in [0, 0.05) is 18.7 Å². The van der Waals surface area contributed by atoms with E-state index in [1.165, 1.54) is 5.56 Å². The lowest BCUT2D eigenvalue weighted by Gasteiger charge is -2.12. The summed E-state index contributed by atoms with van der Waals surface area (Å²) in [4.78, 5) is 0. The molecule has 0 aliphatic carbocycles. The smallest absolute Gasteiger partial charge is 0.0846 e. The normalized spacial score (nSPS) is 14.4. The highest BCUT2D eigenvalue weighted by molar-refractivity contribution is 5.26. The molecule has 1 N–H and O–H groups in total. The van der Waals surface area contributed by atoms with Crippen molar-refractivity contribution in [3.05, 3.63) is 53.3 Å². The summed E-state index contributed by atoms with van der Waals surface area (Å²) in [5.41, 5.74) is 3.19. The van der Waals surface area contributed by atoms with Crippen LogP contribution >= 0.6 is 0 Å². The summed E-state index contributed by atoms with van der Waals surface area (Å²) in [6.45, 7) is 8.65. The molecule has 0 spiro atoms. The maximum absolute atomic E-state index is 10.4. The number of nitrogens with zero attached hydrogens (tertiary/aromatic N) is 2. The summed E-state index contributed by atoms with van der Waals surface area (Å²) in [6.07, 6.45) is 3.12. The third-order valence-electron chi connectivity index (χ3n) is 4.10. The molecule has 0 fully saturated rings. The molecule has 3 nitrogen and oxygen atoms in total. The van der Waals surface area contributed by atoms with Crippen LogP contribution < -0.4 is 0 Å². The first kappa shape index (κ1) is 15.8. The highest BCUT2D eigenvalue weighted by atomic mass is 16.3. The van der Waals surface area contributed by atoms with E-state index in [4.69, 9.17) is 0 Å². The van der Waals surface area contributed by atoms with Crippen molar-refractivity contribution >= 4 is 0 Å². The maximum Gasteiger partial charge on any atom is 0.0846 e. The standard InChI is InChI=1S/C18H26N2O/c1-5-14(4)20-11-10-17(19-20)12-18(21)16-8-6-15(7-9-16)13(2)3/h6-11,13-14,18,21H,5,12H2,1-4H3.